The van der Waals surface area contributed by atoms with Gasteiger partial charge >= 0.3 is 0 Å². The second-order valence-electron chi connectivity index (χ2n) is 7.02. The van der Waals surface area contributed by atoms with E-state index in [-0.39, 0.29) is 0 Å². The minimum Gasteiger partial charge on any atom is -0.496 e. The number of benzene rings is 2. The predicted octanol–water partition coefficient (Wildman–Crippen LogP) is 6.40. The van der Waals surface area contributed by atoms with E-state index in [0.717, 1.165) is 44.7 Å². The molecule has 30 heavy (non-hydrogen) atoms. The summed E-state index contributed by atoms with van der Waals surface area (Å²) in [5, 5.41) is 2.07. The molecule has 0 aliphatic carbocycles. The highest BCUT2D eigenvalue weighted by Crippen LogP contribution is 2.32. The van der Waals surface area contributed by atoms with Gasteiger partial charge in [0.1, 0.15) is 17.0 Å². The van der Waals surface area contributed by atoms with E-state index >= 15 is 0 Å². The molecule has 3 aromatic heterocycles. The van der Waals surface area contributed by atoms with Crippen LogP contribution >= 0.6 is 11.3 Å². The Balaban J connectivity index is 1.76. The highest BCUT2D eigenvalue weighted by Gasteiger charge is 2.14. The molecule has 0 N–H and O–H groups in total. The van der Waals surface area contributed by atoms with Crippen LogP contribution in [0.1, 0.15) is 5.56 Å². The average Bonchev–Trinajstić information content (AvgIpc) is 3.34. The third-order valence-electron chi connectivity index (χ3n) is 5.06. The molecular weight excluding hydrogens is 390 g/mol. The van der Waals surface area contributed by atoms with E-state index in [1.54, 1.807) is 18.4 Å². The summed E-state index contributed by atoms with van der Waals surface area (Å²) in [7, 11) is 1.68. The van der Waals surface area contributed by atoms with Crippen molar-refractivity contribution in [3.05, 3.63) is 83.9 Å². The van der Waals surface area contributed by atoms with Crippen molar-refractivity contribution in [3.8, 4) is 38.8 Å². The van der Waals surface area contributed by atoms with Crippen molar-refractivity contribution in [1.82, 2.24) is 15.0 Å². The SMILES string of the molecule is COc1cc(-c2nc(-c3ccccc3)c3ncc(-c4cccs4)cc3n2)ccc1C. The maximum Gasteiger partial charge on any atom is 0.160 e. The van der Waals surface area contributed by atoms with E-state index in [0.29, 0.717) is 5.82 Å². The topological polar surface area (TPSA) is 47.9 Å². The molecule has 4 nitrogen and oxygen atoms in total. The normalized spacial score (nSPS) is 11.0. The Kier molecular flexibility index (Phi) is 4.73. The number of ether oxygens (including phenoxy) is 1. The van der Waals surface area contributed by atoms with E-state index < -0.39 is 0 Å². The Morgan fingerprint density at radius 3 is 2.47 bits per heavy atom. The number of aryl methyl sites for hydroxylation is 1. The highest BCUT2D eigenvalue weighted by molar-refractivity contribution is 7.13. The maximum atomic E-state index is 5.51. The zero-order valence-corrected chi connectivity index (χ0v) is 17.5. The molecule has 5 rings (SSSR count). The number of thiophene rings is 1. The number of hydrogen-bond donors (Lipinski definition) is 0. The summed E-state index contributed by atoms with van der Waals surface area (Å²) >= 11 is 1.69. The number of aromatic nitrogens is 3. The first-order chi connectivity index (χ1) is 14.7. The lowest BCUT2D eigenvalue weighted by atomic mass is 10.1. The molecular formula is C25H19N3OS. The molecule has 0 unspecified atom stereocenters. The molecule has 0 spiro atoms. The molecule has 0 atom stereocenters. The van der Waals surface area contributed by atoms with E-state index in [2.05, 4.69) is 29.6 Å². The lowest BCUT2D eigenvalue weighted by Crippen LogP contribution is -1.98. The van der Waals surface area contributed by atoms with Crippen LogP contribution in [0, 0.1) is 6.92 Å². The van der Waals surface area contributed by atoms with Gasteiger partial charge in [-0.25, -0.2) is 9.97 Å². The van der Waals surface area contributed by atoms with Crippen LogP contribution < -0.4 is 4.74 Å². The molecule has 3 heterocycles. The molecule has 0 radical (unpaired) electrons. The molecule has 2 aromatic carbocycles. The molecule has 0 saturated heterocycles. The Morgan fingerprint density at radius 1 is 0.833 bits per heavy atom. The van der Waals surface area contributed by atoms with Crippen molar-refractivity contribution < 1.29 is 4.74 Å². The van der Waals surface area contributed by atoms with Crippen LogP contribution in [0.2, 0.25) is 0 Å². The van der Waals surface area contributed by atoms with Crippen molar-refractivity contribution in [2.45, 2.75) is 6.92 Å². The fourth-order valence-electron chi connectivity index (χ4n) is 3.48. The smallest absolute Gasteiger partial charge is 0.160 e. The van der Waals surface area contributed by atoms with Gasteiger partial charge in [-0.3, -0.25) is 4.98 Å². The molecule has 0 saturated carbocycles. The summed E-state index contributed by atoms with van der Waals surface area (Å²) in [5.41, 5.74) is 6.51. The van der Waals surface area contributed by atoms with Gasteiger partial charge in [-0.1, -0.05) is 48.5 Å². The van der Waals surface area contributed by atoms with Crippen molar-refractivity contribution in [3.63, 3.8) is 0 Å². The monoisotopic (exact) mass is 409 g/mol. The number of methoxy groups -OCH3 is 1. The van der Waals surface area contributed by atoms with Crippen LogP contribution in [0.4, 0.5) is 0 Å². The lowest BCUT2D eigenvalue weighted by Gasteiger charge is -2.11. The summed E-state index contributed by atoms with van der Waals surface area (Å²) in [6.07, 6.45) is 1.90. The van der Waals surface area contributed by atoms with Crippen molar-refractivity contribution in [2.24, 2.45) is 0 Å². The van der Waals surface area contributed by atoms with E-state index in [1.807, 2.05) is 55.6 Å². The van der Waals surface area contributed by atoms with Crippen molar-refractivity contribution >= 4 is 22.4 Å². The summed E-state index contributed by atoms with van der Waals surface area (Å²) in [4.78, 5) is 15.7. The Morgan fingerprint density at radius 2 is 1.70 bits per heavy atom. The van der Waals surface area contributed by atoms with Crippen LogP contribution in [0.25, 0.3) is 44.1 Å². The maximum absolute atomic E-state index is 5.51. The summed E-state index contributed by atoms with van der Waals surface area (Å²) in [6.45, 7) is 2.02. The van der Waals surface area contributed by atoms with Gasteiger partial charge in [-0.15, -0.1) is 11.3 Å². The molecule has 0 amide bonds. The summed E-state index contributed by atoms with van der Waals surface area (Å²) in [5.74, 6) is 1.48. The van der Waals surface area contributed by atoms with Gasteiger partial charge in [-0.2, -0.15) is 0 Å². The fraction of sp³-hybridized carbons (Fsp3) is 0.0800. The predicted molar refractivity (Wildman–Crippen MR) is 123 cm³/mol. The van der Waals surface area contributed by atoms with E-state index in [1.165, 1.54) is 4.88 Å². The second-order valence-corrected chi connectivity index (χ2v) is 7.96. The number of pyridine rings is 1. The molecule has 0 fully saturated rings. The Labute approximate surface area is 178 Å². The van der Waals surface area contributed by atoms with Crippen molar-refractivity contribution in [2.75, 3.05) is 7.11 Å². The molecule has 5 heteroatoms. The number of nitrogens with zero attached hydrogens (tertiary/aromatic N) is 3. The van der Waals surface area contributed by atoms with Gasteiger partial charge in [0.2, 0.25) is 0 Å². The van der Waals surface area contributed by atoms with Crippen LogP contribution in [0.3, 0.4) is 0 Å². The second kappa shape index (κ2) is 7.69. The molecule has 146 valence electrons. The Bertz CT molecular complexity index is 1330. The fourth-order valence-corrected chi connectivity index (χ4v) is 4.19. The summed E-state index contributed by atoms with van der Waals surface area (Å²) < 4.78 is 5.51. The van der Waals surface area contributed by atoms with Crippen LogP contribution in [-0.2, 0) is 0 Å². The van der Waals surface area contributed by atoms with Crippen molar-refractivity contribution in [1.29, 1.82) is 0 Å². The summed E-state index contributed by atoms with van der Waals surface area (Å²) in [6, 6.07) is 22.4. The highest BCUT2D eigenvalue weighted by atomic mass is 32.1. The lowest BCUT2D eigenvalue weighted by molar-refractivity contribution is 0.412. The zero-order chi connectivity index (χ0) is 20.5. The van der Waals surface area contributed by atoms with Gasteiger partial charge in [-0.05, 0) is 36.1 Å². The van der Waals surface area contributed by atoms with Crippen LogP contribution in [-0.4, -0.2) is 22.1 Å². The van der Waals surface area contributed by atoms with E-state index in [9.17, 15) is 0 Å². The number of fused-ring (bicyclic) bond motifs is 1. The molecule has 5 aromatic rings. The van der Waals surface area contributed by atoms with Gasteiger partial charge in [0.05, 0.1) is 12.6 Å². The number of rotatable bonds is 4. The van der Waals surface area contributed by atoms with Crippen LogP contribution in [0.15, 0.2) is 78.3 Å². The number of hydrogen-bond acceptors (Lipinski definition) is 5. The van der Waals surface area contributed by atoms with E-state index in [4.69, 9.17) is 19.7 Å². The van der Waals surface area contributed by atoms with Gasteiger partial charge < -0.3 is 4.74 Å². The average molecular weight is 410 g/mol. The first-order valence-electron chi connectivity index (χ1n) is 9.65. The quantitative estimate of drug-likeness (QED) is 0.344. The van der Waals surface area contributed by atoms with Gasteiger partial charge in [0.15, 0.2) is 5.82 Å². The third kappa shape index (κ3) is 3.33. The molecule has 0 bridgehead atoms. The first kappa shape index (κ1) is 18.5. The van der Waals surface area contributed by atoms with Gasteiger partial charge in [0, 0.05) is 27.8 Å². The van der Waals surface area contributed by atoms with Crippen LogP contribution in [0.5, 0.6) is 5.75 Å². The minimum atomic E-state index is 0.657. The Hall–Kier alpha value is -3.57. The molecule has 0 aliphatic heterocycles. The standard InChI is InChI=1S/C25H19N3OS/c1-16-10-11-18(14-21(16)29-2)25-27-20-13-19(22-9-6-12-30-22)15-26-24(20)23(28-25)17-7-4-3-5-8-17/h3-15H,1-2H3. The largest absolute Gasteiger partial charge is 0.496 e. The zero-order valence-electron chi connectivity index (χ0n) is 16.7. The third-order valence-corrected chi connectivity index (χ3v) is 5.97. The van der Waals surface area contributed by atoms with Gasteiger partial charge in [0.25, 0.3) is 0 Å². The first-order valence-corrected chi connectivity index (χ1v) is 10.5. The minimum absolute atomic E-state index is 0.657. The molecule has 0 aliphatic rings.